The van der Waals surface area contributed by atoms with Crippen LogP contribution in [0.5, 0.6) is 0 Å². The van der Waals surface area contributed by atoms with Gasteiger partial charge in [-0.2, -0.15) is 0 Å². The van der Waals surface area contributed by atoms with Crippen LogP contribution in [0.3, 0.4) is 0 Å². The van der Waals surface area contributed by atoms with E-state index in [2.05, 4.69) is 5.32 Å². The van der Waals surface area contributed by atoms with Crippen molar-refractivity contribution in [2.45, 2.75) is 70.9 Å². The van der Waals surface area contributed by atoms with Crippen molar-refractivity contribution >= 4 is 34.7 Å². The van der Waals surface area contributed by atoms with Gasteiger partial charge in [-0.25, -0.2) is 4.79 Å². The number of carbonyl (C=O) groups is 4. The molecule has 1 unspecified atom stereocenters. The number of amides is 2. The van der Waals surface area contributed by atoms with Crippen molar-refractivity contribution in [3.8, 4) is 0 Å². The number of carbonyl (C=O) groups excluding carboxylic acids is 3. The number of likely N-dealkylation sites (tertiary alicyclic amines) is 1. The standard InChI is InChI=1S/C19H30N2O5S/c1-12(17(23)21-10-6-9-15(21)18(24)25)11-27-19(26)13(2)20-16(22)14-7-4-3-5-8-14/h12-15H,3-11H2,1-2H3,(H,20,22)(H,24,25)/t12-,13?,15+/m0/s1. The minimum Gasteiger partial charge on any atom is -0.480 e. The molecule has 2 aliphatic rings. The molecule has 0 spiro atoms. The summed E-state index contributed by atoms with van der Waals surface area (Å²) in [7, 11) is 0. The second kappa shape index (κ2) is 10.1. The van der Waals surface area contributed by atoms with E-state index in [-0.39, 0.29) is 28.6 Å². The number of carboxylic acids is 1. The first-order valence-corrected chi connectivity index (χ1v) is 10.8. The van der Waals surface area contributed by atoms with Gasteiger partial charge in [0, 0.05) is 24.1 Å². The highest BCUT2D eigenvalue weighted by Crippen LogP contribution is 2.24. The van der Waals surface area contributed by atoms with Gasteiger partial charge in [-0.05, 0) is 32.6 Å². The monoisotopic (exact) mass is 398 g/mol. The van der Waals surface area contributed by atoms with Crippen LogP contribution in [0.1, 0.15) is 58.8 Å². The van der Waals surface area contributed by atoms with E-state index in [9.17, 15) is 24.3 Å². The van der Waals surface area contributed by atoms with Gasteiger partial charge in [-0.15, -0.1) is 0 Å². The Bertz CT molecular complexity index is 576. The number of hydrogen-bond acceptors (Lipinski definition) is 5. The van der Waals surface area contributed by atoms with E-state index < -0.39 is 24.0 Å². The SMILES string of the molecule is CC(NC(=O)C1CCCCC1)C(=O)SC[C@H](C)C(=O)N1CCC[C@@H]1C(=O)O. The fraction of sp³-hybridized carbons (Fsp3) is 0.789. The lowest BCUT2D eigenvalue weighted by Crippen LogP contribution is -2.44. The van der Waals surface area contributed by atoms with Crippen LogP contribution in [0.4, 0.5) is 0 Å². The fourth-order valence-corrected chi connectivity index (χ4v) is 4.59. The third-order valence-electron chi connectivity index (χ3n) is 5.41. The number of thioether (sulfide) groups is 1. The summed E-state index contributed by atoms with van der Waals surface area (Å²) in [6, 6.07) is -1.35. The van der Waals surface area contributed by atoms with E-state index in [1.807, 2.05) is 0 Å². The van der Waals surface area contributed by atoms with E-state index in [1.165, 1.54) is 11.3 Å². The Kier molecular flexibility index (Phi) is 8.13. The summed E-state index contributed by atoms with van der Waals surface area (Å²) >= 11 is 1.03. The van der Waals surface area contributed by atoms with Gasteiger partial charge in [0.2, 0.25) is 16.9 Å². The maximum atomic E-state index is 12.5. The van der Waals surface area contributed by atoms with Crippen molar-refractivity contribution in [2.24, 2.45) is 11.8 Å². The molecular formula is C19H30N2O5S. The summed E-state index contributed by atoms with van der Waals surface area (Å²) in [6.45, 7) is 3.83. The topological polar surface area (TPSA) is 104 Å². The van der Waals surface area contributed by atoms with Gasteiger partial charge in [0.1, 0.15) is 6.04 Å². The first-order valence-electron chi connectivity index (χ1n) is 9.81. The summed E-state index contributed by atoms with van der Waals surface area (Å²) in [5.74, 6) is -1.41. The summed E-state index contributed by atoms with van der Waals surface area (Å²) in [4.78, 5) is 49.7. The Morgan fingerprint density at radius 3 is 2.37 bits per heavy atom. The molecule has 0 aromatic carbocycles. The van der Waals surface area contributed by atoms with Gasteiger partial charge in [-0.3, -0.25) is 14.4 Å². The van der Waals surface area contributed by atoms with Crippen molar-refractivity contribution < 1.29 is 24.3 Å². The highest BCUT2D eigenvalue weighted by atomic mass is 32.2. The molecule has 3 atom stereocenters. The molecule has 152 valence electrons. The second-order valence-electron chi connectivity index (χ2n) is 7.62. The highest BCUT2D eigenvalue weighted by molar-refractivity contribution is 8.13. The molecule has 8 heteroatoms. The molecule has 2 rings (SSSR count). The van der Waals surface area contributed by atoms with Crippen molar-refractivity contribution in [3.63, 3.8) is 0 Å². The van der Waals surface area contributed by atoms with Gasteiger partial charge in [0.05, 0.1) is 6.04 Å². The van der Waals surface area contributed by atoms with Crippen LogP contribution in [0.15, 0.2) is 0 Å². The average molecular weight is 399 g/mol. The summed E-state index contributed by atoms with van der Waals surface area (Å²) in [5.41, 5.74) is 0. The predicted molar refractivity (Wildman–Crippen MR) is 103 cm³/mol. The molecule has 1 saturated heterocycles. The van der Waals surface area contributed by atoms with Gasteiger partial charge in [-0.1, -0.05) is 37.9 Å². The molecule has 0 bridgehead atoms. The smallest absolute Gasteiger partial charge is 0.326 e. The Hall–Kier alpha value is -1.57. The highest BCUT2D eigenvalue weighted by Gasteiger charge is 2.36. The van der Waals surface area contributed by atoms with Gasteiger partial charge >= 0.3 is 5.97 Å². The van der Waals surface area contributed by atoms with Crippen molar-refractivity contribution in [2.75, 3.05) is 12.3 Å². The normalized spacial score (nSPS) is 22.9. The van der Waals surface area contributed by atoms with Crippen LogP contribution >= 0.6 is 11.8 Å². The van der Waals surface area contributed by atoms with Gasteiger partial charge in [0.25, 0.3) is 0 Å². The molecule has 2 fully saturated rings. The van der Waals surface area contributed by atoms with Crippen LogP contribution in [-0.4, -0.2) is 57.3 Å². The lowest BCUT2D eigenvalue weighted by Gasteiger charge is -2.25. The molecule has 1 heterocycles. The molecule has 2 amide bonds. The Labute approximate surface area is 164 Å². The second-order valence-corrected chi connectivity index (χ2v) is 8.65. The van der Waals surface area contributed by atoms with Crippen molar-refractivity contribution in [3.05, 3.63) is 0 Å². The minimum atomic E-state index is -0.976. The maximum Gasteiger partial charge on any atom is 0.326 e. The van der Waals surface area contributed by atoms with E-state index in [0.29, 0.717) is 19.4 Å². The van der Waals surface area contributed by atoms with Crippen molar-refractivity contribution in [1.29, 1.82) is 0 Å². The Morgan fingerprint density at radius 2 is 1.74 bits per heavy atom. The quantitative estimate of drug-likeness (QED) is 0.680. The zero-order valence-corrected chi connectivity index (χ0v) is 16.9. The molecule has 2 N–H and O–H groups in total. The molecule has 0 aromatic heterocycles. The number of nitrogens with one attached hydrogen (secondary N) is 1. The molecule has 7 nitrogen and oxygen atoms in total. The molecule has 1 aliphatic heterocycles. The van der Waals surface area contributed by atoms with Gasteiger partial charge in [0.15, 0.2) is 0 Å². The molecule has 0 aromatic rings. The number of carboxylic acid groups (broad SMARTS) is 1. The van der Waals surface area contributed by atoms with Crippen molar-refractivity contribution in [1.82, 2.24) is 10.2 Å². The van der Waals surface area contributed by atoms with E-state index in [0.717, 1.165) is 37.4 Å². The Morgan fingerprint density at radius 1 is 1.07 bits per heavy atom. The zero-order chi connectivity index (χ0) is 20.0. The third-order valence-corrected chi connectivity index (χ3v) is 6.71. The third kappa shape index (κ3) is 5.96. The lowest BCUT2D eigenvalue weighted by molar-refractivity contribution is -0.149. The summed E-state index contributed by atoms with van der Waals surface area (Å²) in [6.07, 6.45) is 6.21. The average Bonchev–Trinajstić information content (AvgIpc) is 3.15. The zero-order valence-electron chi connectivity index (χ0n) is 16.1. The number of aliphatic carboxylic acids is 1. The molecule has 1 saturated carbocycles. The van der Waals surface area contributed by atoms with E-state index in [4.69, 9.17) is 0 Å². The largest absolute Gasteiger partial charge is 0.480 e. The van der Waals surface area contributed by atoms with E-state index >= 15 is 0 Å². The summed E-state index contributed by atoms with van der Waals surface area (Å²) in [5, 5.41) is 11.8. The first-order chi connectivity index (χ1) is 12.8. The number of rotatable bonds is 7. The predicted octanol–water partition coefficient (Wildman–Crippen LogP) is 2.04. The maximum absolute atomic E-state index is 12.5. The lowest BCUT2D eigenvalue weighted by atomic mass is 9.88. The Balaban J connectivity index is 1.77. The van der Waals surface area contributed by atoms with Crippen LogP contribution in [0.25, 0.3) is 0 Å². The van der Waals surface area contributed by atoms with Gasteiger partial charge < -0.3 is 15.3 Å². The van der Waals surface area contributed by atoms with Crippen LogP contribution in [-0.2, 0) is 19.2 Å². The molecular weight excluding hydrogens is 368 g/mol. The number of hydrogen-bond donors (Lipinski definition) is 2. The fourth-order valence-electron chi connectivity index (χ4n) is 3.73. The molecule has 27 heavy (non-hydrogen) atoms. The van der Waals surface area contributed by atoms with E-state index in [1.54, 1.807) is 13.8 Å². The van der Waals surface area contributed by atoms with Crippen LogP contribution in [0.2, 0.25) is 0 Å². The summed E-state index contributed by atoms with van der Waals surface area (Å²) < 4.78 is 0. The molecule has 1 aliphatic carbocycles. The first kappa shape index (κ1) is 21.7. The molecule has 0 radical (unpaired) electrons. The number of nitrogens with zero attached hydrogens (tertiary/aromatic N) is 1. The minimum absolute atomic E-state index is 0.00243. The van der Waals surface area contributed by atoms with Crippen LogP contribution in [0, 0.1) is 11.8 Å². The van der Waals surface area contributed by atoms with Crippen LogP contribution < -0.4 is 5.32 Å².